The minimum absolute atomic E-state index is 0.793. The van der Waals surface area contributed by atoms with Crippen molar-refractivity contribution < 1.29 is 4.74 Å². The van der Waals surface area contributed by atoms with Gasteiger partial charge in [-0.2, -0.15) is 0 Å². The minimum Gasteiger partial charge on any atom is -0.494 e. The molecule has 1 rings (SSSR count). The van der Waals surface area contributed by atoms with Crippen molar-refractivity contribution >= 4 is 0 Å². The Morgan fingerprint density at radius 2 is 2.17 bits per heavy atom. The highest BCUT2D eigenvalue weighted by molar-refractivity contribution is 5.27. The van der Waals surface area contributed by atoms with E-state index in [0.717, 1.165) is 25.2 Å². The van der Waals surface area contributed by atoms with Crippen molar-refractivity contribution in [1.82, 2.24) is 0 Å². The number of hydrogen-bond acceptors (Lipinski definition) is 1. The summed E-state index contributed by atoms with van der Waals surface area (Å²) in [5.74, 6) is 0.941. The van der Waals surface area contributed by atoms with Gasteiger partial charge in [0.25, 0.3) is 0 Å². The third kappa shape index (κ3) is 2.57. The fourth-order valence-corrected chi connectivity index (χ4v) is 1.00. The van der Waals surface area contributed by atoms with E-state index in [1.807, 2.05) is 12.1 Å². The molecule has 0 saturated carbocycles. The zero-order chi connectivity index (χ0) is 8.81. The van der Waals surface area contributed by atoms with Gasteiger partial charge in [-0.1, -0.05) is 19.9 Å². The normalized spacial score (nSPS) is 9.83. The third-order valence-electron chi connectivity index (χ3n) is 1.70. The summed E-state index contributed by atoms with van der Waals surface area (Å²) in [6.45, 7) is 5.03. The lowest BCUT2D eigenvalue weighted by atomic mass is 10.2. The van der Waals surface area contributed by atoms with Gasteiger partial charge in [0.15, 0.2) is 0 Å². The number of aryl methyl sites for hydroxylation is 1. The maximum absolute atomic E-state index is 5.47. The fraction of sp³-hybridized carbons (Fsp3) is 0.455. The van der Waals surface area contributed by atoms with Crippen LogP contribution in [0.3, 0.4) is 0 Å². The lowest BCUT2D eigenvalue weighted by Gasteiger charge is -2.04. The molecule has 0 heterocycles. The molecule has 0 unspecified atom stereocenters. The highest BCUT2D eigenvalue weighted by Gasteiger charge is 1.93. The Hall–Kier alpha value is -0.980. The van der Waals surface area contributed by atoms with Gasteiger partial charge in [0.05, 0.1) is 6.61 Å². The van der Waals surface area contributed by atoms with E-state index in [9.17, 15) is 0 Å². The molecule has 1 aromatic rings. The van der Waals surface area contributed by atoms with Crippen LogP contribution in [0.2, 0.25) is 0 Å². The molecule has 0 N–H and O–H groups in total. The topological polar surface area (TPSA) is 9.23 Å². The van der Waals surface area contributed by atoms with E-state index in [1.165, 1.54) is 5.56 Å². The maximum Gasteiger partial charge on any atom is 0.120 e. The molecule has 12 heavy (non-hydrogen) atoms. The van der Waals surface area contributed by atoms with Crippen LogP contribution >= 0.6 is 0 Å². The van der Waals surface area contributed by atoms with Gasteiger partial charge in [0.2, 0.25) is 0 Å². The molecule has 0 bridgehead atoms. The Morgan fingerprint density at radius 3 is 2.83 bits per heavy atom. The van der Waals surface area contributed by atoms with E-state index < -0.39 is 0 Å². The van der Waals surface area contributed by atoms with Crippen LogP contribution in [-0.4, -0.2) is 6.61 Å². The fourth-order valence-electron chi connectivity index (χ4n) is 1.00. The van der Waals surface area contributed by atoms with Gasteiger partial charge >= 0.3 is 0 Å². The van der Waals surface area contributed by atoms with E-state index in [4.69, 9.17) is 4.74 Å². The highest BCUT2D eigenvalue weighted by Crippen LogP contribution is 2.13. The number of benzene rings is 1. The molecule has 65 valence electrons. The molecule has 0 aromatic heterocycles. The molecule has 0 aliphatic heterocycles. The Bertz CT molecular complexity index is 230. The predicted octanol–water partition coefficient (Wildman–Crippen LogP) is 2.84. The van der Waals surface area contributed by atoms with Crippen LogP contribution < -0.4 is 4.74 Å². The van der Waals surface area contributed by atoms with E-state index in [-0.39, 0.29) is 0 Å². The Kier molecular flexibility index (Phi) is 3.65. The van der Waals surface area contributed by atoms with Gasteiger partial charge in [-0.25, -0.2) is 0 Å². The van der Waals surface area contributed by atoms with Crippen molar-refractivity contribution in [2.24, 2.45) is 0 Å². The summed E-state index contributed by atoms with van der Waals surface area (Å²) in [6, 6.07) is 9.02. The largest absolute Gasteiger partial charge is 0.494 e. The average molecular weight is 163 g/mol. The monoisotopic (exact) mass is 163 g/mol. The molecular formula is C11H15O. The second-order valence-corrected chi connectivity index (χ2v) is 2.78. The molecule has 1 nitrogen and oxygen atoms in total. The first-order valence-electron chi connectivity index (χ1n) is 4.49. The van der Waals surface area contributed by atoms with Crippen LogP contribution in [0.4, 0.5) is 0 Å². The summed E-state index contributed by atoms with van der Waals surface area (Å²) >= 11 is 0. The molecule has 0 aliphatic rings. The average Bonchev–Trinajstić information content (AvgIpc) is 2.15. The molecule has 0 saturated heterocycles. The van der Waals surface area contributed by atoms with Gasteiger partial charge in [-0.05, 0) is 36.6 Å². The number of hydrogen-bond donors (Lipinski definition) is 0. The Balaban J connectivity index is 2.60. The second kappa shape index (κ2) is 4.81. The van der Waals surface area contributed by atoms with Crippen LogP contribution in [0.25, 0.3) is 0 Å². The number of ether oxygens (including phenoxy) is 1. The minimum atomic E-state index is 0.793. The van der Waals surface area contributed by atoms with Gasteiger partial charge in [-0.15, -0.1) is 0 Å². The Labute approximate surface area is 74.4 Å². The molecule has 1 aromatic carbocycles. The van der Waals surface area contributed by atoms with Crippen LogP contribution in [0, 0.1) is 6.07 Å². The molecule has 0 aliphatic carbocycles. The van der Waals surface area contributed by atoms with Gasteiger partial charge in [0, 0.05) is 0 Å². The third-order valence-corrected chi connectivity index (χ3v) is 1.70. The smallest absolute Gasteiger partial charge is 0.120 e. The van der Waals surface area contributed by atoms with E-state index in [1.54, 1.807) is 0 Å². The zero-order valence-electron chi connectivity index (χ0n) is 7.76. The molecule has 0 fully saturated rings. The van der Waals surface area contributed by atoms with E-state index in [2.05, 4.69) is 26.0 Å². The van der Waals surface area contributed by atoms with Gasteiger partial charge in [-0.3, -0.25) is 0 Å². The number of rotatable bonds is 4. The van der Waals surface area contributed by atoms with Crippen molar-refractivity contribution in [2.75, 3.05) is 6.61 Å². The van der Waals surface area contributed by atoms with Crippen LogP contribution in [0.1, 0.15) is 25.8 Å². The Morgan fingerprint density at radius 1 is 1.33 bits per heavy atom. The summed E-state index contributed by atoms with van der Waals surface area (Å²) in [4.78, 5) is 0. The second-order valence-electron chi connectivity index (χ2n) is 2.78. The lowest BCUT2D eigenvalue weighted by Crippen LogP contribution is -1.95. The summed E-state index contributed by atoms with van der Waals surface area (Å²) in [7, 11) is 0. The molecule has 0 atom stereocenters. The van der Waals surface area contributed by atoms with Crippen molar-refractivity contribution in [2.45, 2.75) is 26.7 Å². The first kappa shape index (κ1) is 9.11. The summed E-state index contributed by atoms with van der Waals surface area (Å²) < 4.78 is 5.47. The SMILES string of the molecule is CCCOc1c[c]cc(CC)c1. The van der Waals surface area contributed by atoms with E-state index in [0.29, 0.717) is 0 Å². The van der Waals surface area contributed by atoms with Crippen molar-refractivity contribution in [1.29, 1.82) is 0 Å². The molecular weight excluding hydrogens is 148 g/mol. The van der Waals surface area contributed by atoms with Crippen molar-refractivity contribution in [3.8, 4) is 5.75 Å². The summed E-state index contributed by atoms with van der Waals surface area (Å²) in [5.41, 5.74) is 1.28. The maximum atomic E-state index is 5.47. The zero-order valence-corrected chi connectivity index (χ0v) is 7.76. The van der Waals surface area contributed by atoms with Crippen molar-refractivity contribution in [3.63, 3.8) is 0 Å². The molecule has 0 amide bonds. The van der Waals surface area contributed by atoms with Crippen LogP contribution in [-0.2, 0) is 6.42 Å². The first-order chi connectivity index (χ1) is 5.86. The van der Waals surface area contributed by atoms with Gasteiger partial charge in [0.1, 0.15) is 5.75 Å². The quantitative estimate of drug-likeness (QED) is 0.663. The standard InChI is InChI=1S/C11H15O/c1-3-8-12-11-7-5-6-10(4-2)9-11/h6-7,9H,3-4,8H2,1-2H3. The van der Waals surface area contributed by atoms with E-state index >= 15 is 0 Å². The predicted molar refractivity (Wildman–Crippen MR) is 50.4 cm³/mol. The van der Waals surface area contributed by atoms with Crippen molar-refractivity contribution in [3.05, 3.63) is 29.8 Å². The van der Waals surface area contributed by atoms with Gasteiger partial charge < -0.3 is 4.74 Å². The van der Waals surface area contributed by atoms with Crippen LogP contribution in [0.15, 0.2) is 18.2 Å². The molecule has 1 radical (unpaired) electrons. The summed E-state index contributed by atoms with van der Waals surface area (Å²) in [6.07, 6.45) is 2.09. The summed E-state index contributed by atoms with van der Waals surface area (Å²) in [5, 5.41) is 0. The first-order valence-corrected chi connectivity index (χ1v) is 4.49. The molecule has 0 spiro atoms. The lowest BCUT2D eigenvalue weighted by molar-refractivity contribution is 0.317. The van der Waals surface area contributed by atoms with Crippen LogP contribution in [0.5, 0.6) is 5.75 Å². The highest BCUT2D eigenvalue weighted by atomic mass is 16.5. The molecule has 1 heteroatoms.